The number of rotatable bonds is 7. The summed E-state index contributed by atoms with van der Waals surface area (Å²) in [6.07, 6.45) is 1.53. The van der Waals surface area contributed by atoms with E-state index in [4.69, 9.17) is 4.74 Å². The van der Waals surface area contributed by atoms with Gasteiger partial charge in [0, 0.05) is 18.6 Å². The molecule has 1 aromatic rings. The van der Waals surface area contributed by atoms with E-state index >= 15 is 0 Å². The Bertz CT molecular complexity index is 338. The maximum absolute atomic E-state index is 11.8. The van der Waals surface area contributed by atoms with Gasteiger partial charge in [-0.05, 0) is 24.8 Å². The first kappa shape index (κ1) is 13.9. The highest BCUT2D eigenvalue weighted by atomic mass is 16.5. The number of ether oxygens (including phenoxy) is 1. The topological polar surface area (TPSA) is 26.3 Å². The number of Topliss-reactive ketones (excluding diaryl/α,β-unsaturated/α-hetero) is 1. The highest BCUT2D eigenvalue weighted by molar-refractivity contribution is 5.96. The van der Waals surface area contributed by atoms with Crippen molar-refractivity contribution >= 4 is 5.78 Å². The first-order valence-electron chi connectivity index (χ1n) is 6.33. The molecule has 1 rings (SSSR count). The molecule has 0 atom stereocenters. The van der Waals surface area contributed by atoms with Crippen LogP contribution < -0.4 is 0 Å². The van der Waals surface area contributed by atoms with Crippen LogP contribution in [-0.2, 0) is 11.2 Å². The average Bonchev–Trinajstić information content (AvgIpc) is 2.29. The standard InChI is InChI=1S/C15H22O2/c1-4-17-10-9-15(16)14-7-5-13(6-8-14)11-12(2)3/h5-8,12H,4,9-11H2,1-3H3. The zero-order valence-corrected chi connectivity index (χ0v) is 11.0. The SMILES string of the molecule is CCOCCC(=O)c1ccc(CC(C)C)cc1. The van der Waals surface area contributed by atoms with Crippen LogP contribution in [0.4, 0.5) is 0 Å². The van der Waals surface area contributed by atoms with Gasteiger partial charge in [-0.15, -0.1) is 0 Å². The summed E-state index contributed by atoms with van der Waals surface area (Å²) in [5.74, 6) is 0.809. The molecule has 1 aromatic carbocycles. The van der Waals surface area contributed by atoms with E-state index in [1.807, 2.05) is 31.2 Å². The minimum atomic E-state index is 0.162. The summed E-state index contributed by atoms with van der Waals surface area (Å²) in [7, 11) is 0. The molecule has 2 heteroatoms. The van der Waals surface area contributed by atoms with Crippen molar-refractivity contribution in [3.05, 3.63) is 35.4 Å². The third-order valence-electron chi connectivity index (χ3n) is 2.60. The Morgan fingerprint density at radius 1 is 1.24 bits per heavy atom. The molecule has 0 saturated carbocycles. The van der Waals surface area contributed by atoms with Crippen molar-refractivity contribution in [2.45, 2.75) is 33.6 Å². The van der Waals surface area contributed by atoms with E-state index in [9.17, 15) is 4.79 Å². The van der Waals surface area contributed by atoms with Gasteiger partial charge >= 0.3 is 0 Å². The quantitative estimate of drug-likeness (QED) is 0.533. The Kier molecular flexibility index (Phi) is 5.92. The van der Waals surface area contributed by atoms with Gasteiger partial charge in [0.1, 0.15) is 0 Å². The van der Waals surface area contributed by atoms with Crippen molar-refractivity contribution in [2.24, 2.45) is 5.92 Å². The summed E-state index contributed by atoms with van der Waals surface area (Å²) in [5, 5.41) is 0. The Morgan fingerprint density at radius 3 is 2.41 bits per heavy atom. The van der Waals surface area contributed by atoms with Gasteiger partial charge in [0.25, 0.3) is 0 Å². The van der Waals surface area contributed by atoms with Crippen molar-refractivity contribution in [1.29, 1.82) is 0 Å². The molecule has 0 N–H and O–H groups in total. The van der Waals surface area contributed by atoms with E-state index in [0.29, 0.717) is 25.6 Å². The van der Waals surface area contributed by atoms with Crippen molar-refractivity contribution in [3.63, 3.8) is 0 Å². The number of carbonyl (C=O) groups excluding carboxylic acids is 1. The van der Waals surface area contributed by atoms with Crippen molar-refractivity contribution in [3.8, 4) is 0 Å². The molecular weight excluding hydrogens is 212 g/mol. The average molecular weight is 234 g/mol. The van der Waals surface area contributed by atoms with Crippen LogP contribution in [0.15, 0.2) is 24.3 Å². The minimum absolute atomic E-state index is 0.162. The second-order valence-electron chi connectivity index (χ2n) is 4.66. The third-order valence-corrected chi connectivity index (χ3v) is 2.60. The maximum atomic E-state index is 11.8. The number of carbonyl (C=O) groups is 1. The van der Waals surface area contributed by atoms with Gasteiger partial charge in [-0.3, -0.25) is 4.79 Å². The first-order chi connectivity index (χ1) is 8.13. The highest BCUT2D eigenvalue weighted by Crippen LogP contribution is 2.11. The first-order valence-corrected chi connectivity index (χ1v) is 6.33. The van der Waals surface area contributed by atoms with Crippen LogP contribution in [0.5, 0.6) is 0 Å². The minimum Gasteiger partial charge on any atom is -0.381 e. The molecule has 0 spiro atoms. The van der Waals surface area contributed by atoms with Crippen LogP contribution in [0.3, 0.4) is 0 Å². The molecule has 2 nitrogen and oxygen atoms in total. The summed E-state index contributed by atoms with van der Waals surface area (Å²) >= 11 is 0. The summed E-state index contributed by atoms with van der Waals surface area (Å²) in [6.45, 7) is 7.51. The molecular formula is C15H22O2. The number of ketones is 1. The van der Waals surface area contributed by atoms with E-state index in [1.54, 1.807) is 0 Å². The molecule has 0 saturated heterocycles. The lowest BCUT2D eigenvalue weighted by Gasteiger charge is -2.06. The van der Waals surface area contributed by atoms with Gasteiger partial charge in [0.15, 0.2) is 5.78 Å². The summed E-state index contributed by atoms with van der Waals surface area (Å²) in [5.41, 5.74) is 2.08. The Labute approximate surface area is 104 Å². The van der Waals surface area contributed by atoms with Crippen LogP contribution in [0.1, 0.15) is 43.1 Å². The van der Waals surface area contributed by atoms with Crippen molar-refractivity contribution in [2.75, 3.05) is 13.2 Å². The Morgan fingerprint density at radius 2 is 1.88 bits per heavy atom. The Balaban J connectivity index is 2.52. The van der Waals surface area contributed by atoms with Crippen LogP contribution in [0.25, 0.3) is 0 Å². The summed E-state index contributed by atoms with van der Waals surface area (Å²) < 4.78 is 5.18. The van der Waals surface area contributed by atoms with Crippen LogP contribution in [-0.4, -0.2) is 19.0 Å². The smallest absolute Gasteiger partial charge is 0.165 e. The van der Waals surface area contributed by atoms with Gasteiger partial charge in [-0.25, -0.2) is 0 Å². The molecule has 0 aliphatic heterocycles. The predicted octanol–water partition coefficient (Wildman–Crippen LogP) is 3.49. The van der Waals surface area contributed by atoms with E-state index in [1.165, 1.54) is 5.56 Å². The van der Waals surface area contributed by atoms with E-state index in [0.717, 1.165) is 12.0 Å². The molecule has 0 aliphatic rings. The fourth-order valence-electron chi connectivity index (χ4n) is 1.75. The van der Waals surface area contributed by atoms with Gasteiger partial charge in [-0.2, -0.15) is 0 Å². The third kappa shape index (κ3) is 5.14. The predicted molar refractivity (Wildman–Crippen MR) is 70.4 cm³/mol. The van der Waals surface area contributed by atoms with Crippen LogP contribution in [0.2, 0.25) is 0 Å². The van der Waals surface area contributed by atoms with Gasteiger partial charge in [0.2, 0.25) is 0 Å². The van der Waals surface area contributed by atoms with E-state index in [-0.39, 0.29) is 5.78 Å². The normalized spacial score (nSPS) is 10.8. The molecule has 0 amide bonds. The maximum Gasteiger partial charge on any atom is 0.165 e. The van der Waals surface area contributed by atoms with Crippen molar-refractivity contribution in [1.82, 2.24) is 0 Å². The fraction of sp³-hybridized carbons (Fsp3) is 0.533. The van der Waals surface area contributed by atoms with E-state index in [2.05, 4.69) is 13.8 Å². The zero-order chi connectivity index (χ0) is 12.7. The molecule has 0 aliphatic carbocycles. The van der Waals surface area contributed by atoms with Crippen molar-refractivity contribution < 1.29 is 9.53 Å². The zero-order valence-electron chi connectivity index (χ0n) is 11.0. The van der Waals surface area contributed by atoms with E-state index < -0.39 is 0 Å². The lowest BCUT2D eigenvalue weighted by atomic mass is 10.00. The molecule has 94 valence electrons. The summed E-state index contributed by atoms with van der Waals surface area (Å²) in [6, 6.07) is 7.94. The molecule has 0 heterocycles. The fourth-order valence-corrected chi connectivity index (χ4v) is 1.75. The molecule has 0 radical (unpaired) electrons. The van der Waals surface area contributed by atoms with Crippen LogP contribution >= 0.6 is 0 Å². The molecule has 0 unspecified atom stereocenters. The van der Waals surface area contributed by atoms with Gasteiger partial charge in [-0.1, -0.05) is 38.1 Å². The highest BCUT2D eigenvalue weighted by Gasteiger charge is 2.05. The largest absolute Gasteiger partial charge is 0.381 e. The molecule has 0 aromatic heterocycles. The lowest BCUT2D eigenvalue weighted by molar-refractivity contribution is 0.0896. The number of benzene rings is 1. The molecule has 0 bridgehead atoms. The monoisotopic (exact) mass is 234 g/mol. The molecule has 0 fully saturated rings. The van der Waals surface area contributed by atoms with Crippen LogP contribution in [0, 0.1) is 5.92 Å². The second kappa shape index (κ2) is 7.23. The molecule has 17 heavy (non-hydrogen) atoms. The lowest BCUT2D eigenvalue weighted by Crippen LogP contribution is -2.05. The van der Waals surface area contributed by atoms with Gasteiger partial charge < -0.3 is 4.74 Å². The number of hydrogen-bond donors (Lipinski definition) is 0. The second-order valence-corrected chi connectivity index (χ2v) is 4.66. The Hall–Kier alpha value is -1.15. The van der Waals surface area contributed by atoms with Gasteiger partial charge in [0.05, 0.1) is 6.61 Å². The number of hydrogen-bond acceptors (Lipinski definition) is 2. The summed E-state index contributed by atoms with van der Waals surface area (Å²) in [4.78, 5) is 11.8.